The Kier molecular flexibility index (Phi) is 7.11. The van der Waals surface area contributed by atoms with E-state index in [1.54, 1.807) is 19.5 Å². The van der Waals surface area contributed by atoms with E-state index in [-0.39, 0.29) is 5.56 Å². The highest BCUT2D eigenvalue weighted by atomic mass is 32.1. The number of unbranched alkanes of at least 4 members (excludes halogenated alkanes) is 4. The monoisotopic (exact) mass is 450 g/mol. The van der Waals surface area contributed by atoms with Crippen LogP contribution in [-0.4, -0.2) is 33.3 Å². The van der Waals surface area contributed by atoms with Gasteiger partial charge in [-0.1, -0.05) is 50.0 Å². The molecule has 0 saturated heterocycles. The van der Waals surface area contributed by atoms with E-state index < -0.39 is 0 Å². The molecule has 3 heterocycles. The molecule has 0 aliphatic heterocycles. The van der Waals surface area contributed by atoms with E-state index in [2.05, 4.69) is 22.0 Å². The second kappa shape index (κ2) is 10.4. The Balaban J connectivity index is 1.52. The smallest absolute Gasteiger partial charge is 0.291 e. The standard InChI is InChI=1S/C24H26N4O3S/c1-3-4-5-6-7-13-31-19-11-10-17(14-20(19)30-2)15-21-23(29)28-24(32-21)26-22(27-28)18-9-8-12-25-16-18/h8-12,14-16H,3-7,13H2,1-2H3/b21-15-. The average Bonchev–Trinajstić information content (AvgIpc) is 3.36. The van der Waals surface area contributed by atoms with Gasteiger partial charge in [0, 0.05) is 18.0 Å². The predicted molar refractivity (Wildman–Crippen MR) is 126 cm³/mol. The van der Waals surface area contributed by atoms with Crippen molar-refractivity contribution in [3.05, 3.63) is 63.2 Å². The van der Waals surface area contributed by atoms with Gasteiger partial charge in [0.15, 0.2) is 17.3 Å². The first-order chi connectivity index (χ1) is 15.7. The molecule has 8 heteroatoms. The predicted octanol–water partition coefficient (Wildman–Crippen LogP) is 4.12. The van der Waals surface area contributed by atoms with Crippen molar-refractivity contribution in [3.63, 3.8) is 0 Å². The fraction of sp³-hybridized carbons (Fsp3) is 0.333. The third-order valence-electron chi connectivity index (χ3n) is 5.09. The van der Waals surface area contributed by atoms with Crippen LogP contribution in [0.1, 0.15) is 44.6 Å². The highest BCUT2D eigenvalue weighted by molar-refractivity contribution is 7.15. The number of benzene rings is 1. The number of pyridine rings is 1. The van der Waals surface area contributed by atoms with Crippen LogP contribution >= 0.6 is 11.3 Å². The average molecular weight is 451 g/mol. The molecule has 4 rings (SSSR count). The zero-order valence-corrected chi connectivity index (χ0v) is 19.1. The number of aromatic nitrogens is 4. The summed E-state index contributed by atoms with van der Waals surface area (Å²) in [6.45, 7) is 2.88. The molecular weight excluding hydrogens is 424 g/mol. The molecule has 32 heavy (non-hydrogen) atoms. The maximum Gasteiger partial charge on any atom is 0.291 e. The highest BCUT2D eigenvalue weighted by Crippen LogP contribution is 2.28. The van der Waals surface area contributed by atoms with E-state index in [1.165, 1.54) is 41.5 Å². The molecule has 4 aromatic rings. The number of rotatable bonds is 10. The lowest BCUT2D eigenvalue weighted by molar-refractivity contribution is 0.285. The van der Waals surface area contributed by atoms with Gasteiger partial charge in [-0.15, -0.1) is 5.10 Å². The largest absolute Gasteiger partial charge is 0.493 e. The number of ether oxygens (including phenoxy) is 2. The maximum atomic E-state index is 12.8. The number of fused-ring (bicyclic) bond motifs is 1. The molecule has 0 N–H and O–H groups in total. The first-order valence-corrected chi connectivity index (χ1v) is 11.6. The summed E-state index contributed by atoms with van der Waals surface area (Å²) < 4.78 is 13.3. The Morgan fingerprint density at radius 2 is 2.00 bits per heavy atom. The SMILES string of the molecule is CCCCCCCOc1ccc(/C=c2\sc3nc(-c4cccnc4)nn3c2=O)cc1OC. The van der Waals surface area contributed by atoms with Crippen LogP contribution in [0.3, 0.4) is 0 Å². The molecule has 0 aliphatic rings. The number of methoxy groups -OCH3 is 1. The van der Waals surface area contributed by atoms with Crippen LogP contribution in [0.25, 0.3) is 22.4 Å². The van der Waals surface area contributed by atoms with Gasteiger partial charge >= 0.3 is 0 Å². The summed E-state index contributed by atoms with van der Waals surface area (Å²) in [5.41, 5.74) is 1.43. The van der Waals surface area contributed by atoms with E-state index >= 15 is 0 Å². The van der Waals surface area contributed by atoms with Crippen LogP contribution < -0.4 is 19.6 Å². The molecule has 0 bridgehead atoms. The van der Waals surface area contributed by atoms with Crippen molar-refractivity contribution in [2.45, 2.75) is 39.0 Å². The quantitative estimate of drug-likeness (QED) is 0.338. The van der Waals surface area contributed by atoms with Crippen LogP contribution in [0.15, 0.2) is 47.5 Å². The van der Waals surface area contributed by atoms with E-state index in [1.807, 2.05) is 36.4 Å². The van der Waals surface area contributed by atoms with Gasteiger partial charge in [0.1, 0.15) is 0 Å². The van der Waals surface area contributed by atoms with Crippen LogP contribution in [0.4, 0.5) is 0 Å². The summed E-state index contributed by atoms with van der Waals surface area (Å²) in [6.07, 6.45) is 11.1. The summed E-state index contributed by atoms with van der Waals surface area (Å²) in [5, 5.41) is 4.35. The highest BCUT2D eigenvalue weighted by Gasteiger charge is 2.12. The summed E-state index contributed by atoms with van der Waals surface area (Å²) >= 11 is 1.30. The van der Waals surface area contributed by atoms with E-state index in [0.717, 1.165) is 17.5 Å². The second-order valence-electron chi connectivity index (χ2n) is 7.46. The van der Waals surface area contributed by atoms with Gasteiger partial charge in [-0.05, 0) is 42.3 Å². The zero-order valence-electron chi connectivity index (χ0n) is 18.3. The Morgan fingerprint density at radius 3 is 2.75 bits per heavy atom. The lowest BCUT2D eigenvalue weighted by atomic mass is 10.1. The molecule has 0 amide bonds. The number of hydrogen-bond acceptors (Lipinski definition) is 7. The molecule has 0 saturated carbocycles. The van der Waals surface area contributed by atoms with Crippen molar-refractivity contribution in [2.75, 3.05) is 13.7 Å². The lowest BCUT2D eigenvalue weighted by Gasteiger charge is -2.11. The molecule has 0 fully saturated rings. The second-order valence-corrected chi connectivity index (χ2v) is 8.47. The van der Waals surface area contributed by atoms with Crippen LogP contribution in [0, 0.1) is 0 Å². The number of nitrogens with zero attached hydrogens (tertiary/aromatic N) is 4. The third kappa shape index (κ3) is 4.96. The topological polar surface area (TPSA) is 78.6 Å². The molecule has 3 aromatic heterocycles. The summed E-state index contributed by atoms with van der Waals surface area (Å²) in [6, 6.07) is 9.37. The van der Waals surface area contributed by atoms with E-state index in [0.29, 0.717) is 33.4 Å². The summed E-state index contributed by atoms with van der Waals surface area (Å²) in [7, 11) is 1.62. The molecule has 1 aromatic carbocycles. The van der Waals surface area contributed by atoms with E-state index in [4.69, 9.17) is 9.47 Å². The molecule has 166 valence electrons. The maximum absolute atomic E-state index is 12.8. The molecule has 0 aliphatic carbocycles. The summed E-state index contributed by atoms with van der Waals surface area (Å²) in [5.74, 6) is 1.86. The van der Waals surface area contributed by atoms with E-state index in [9.17, 15) is 4.79 Å². The van der Waals surface area contributed by atoms with Gasteiger partial charge in [0.05, 0.1) is 18.2 Å². The lowest BCUT2D eigenvalue weighted by Crippen LogP contribution is -2.23. The minimum atomic E-state index is -0.195. The Bertz CT molecular complexity index is 1280. The fourth-order valence-electron chi connectivity index (χ4n) is 3.38. The van der Waals surface area contributed by atoms with Gasteiger partial charge in [-0.25, -0.2) is 0 Å². The van der Waals surface area contributed by atoms with Crippen LogP contribution in [0.5, 0.6) is 11.5 Å². The normalized spacial score (nSPS) is 11.9. The van der Waals surface area contributed by atoms with Crippen molar-refractivity contribution in [2.24, 2.45) is 0 Å². The zero-order chi connectivity index (χ0) is 22.3. The van der Waals surface area contributed by atoms with Crippen molar-refractivity contribution < 1.29 is 9.47 Å². The van der Waals surface area contributed by atoms with Gasteiger partial charge < -0.3 is 9.47 Å². The van der Waals surface area contributed by atoms with Crippen molar-refractivity contribution in [1.29, 1.82) is 0 Å². The summed E-state index contributed by atoms with van der Waals surface area (Å²) in [4.78, 5) is 21.9. The number of hydrogen-bond donors (Lipinski definition) is 0. The van der Waals surface area contributed by atoms with Crippen LogP contribution in [0.2, 0.25) is 0 Å². The minimum Gasteiger partial charge on any atom is -0.493 e. The molecule has 7 nitrogen and oxygen atoms in total. The Labute approximate surface area is 190 Å². The van der Waals surface area contributed by atoms with Crippen molar-refractivity contribution in [3.8, 4) is 22.9 Å². The number of thiazole rings is 1. The third-order valence-corrected chi connectivity index (χ3v) is 6.05. The van der Waals surface area contributed by atoms with Crippen molar-refractivity contribution >= 4 is 22.4 Å². The Hall–Kier alpha value is -3.26. The molecule has 0 radical (unpaired) electrons. The van der Waals surface area contributed by atoms with Crippen LogP contribution in [-0.2, 0) is 0 Å². The first-order valence-electron chi connectivity index (χ1n) is 10.8. The van der Waals surface area contributed by atoms with Crippen molar-refractivity contribution in [1.82, 2.24) is 19.6 Å². The molecule has 0 spiro atoms. The van der Waals surface area contributed by atoms with Gasteiger partial charge in [-0.2, -0.15) is 9.50 Å². The molecule has 0 atom stereocenters. The molecular formula is C24H26N4O3S. The van der Waals surface area contributed by atoms with Gasteiger partial charge in [0.25, 0.3) is 5.56 Å². The Morgan fingerprint density at radius 1 is 1.12 bits per heavy atom. The van der Waals surface area contributed by atoms with Gasteiger partial charge in [0.2, 0.25) is 4.96 Å². The molecule has 0 unspecified atom stereocenters. The first kappa shape index (κ1) is 22.0. The minimum absolute atomic E-state index is 0.195. The van der Waals surface area contributed by atoms with Gasteiger partial charge in [-0.3, -0.25) is 9.78 Å². The fourth-order valence-corrected chi connectivity index (χ4v) is 4.29.